The first kappa shape index (κ1) is 13.1. The third kappa shape index (κ3) is 2.84. The Kier molecular flexibility index (Phi) is 3.51. The minimum Gasteiger partial charge on any atom is -0.361 e. The van der Waals surface area contributed by atoms with Gasteiger partial charge in [-0.3, -0.25) is 4.79 Å². The average Bonchev–Trinajstić information content (AvgIpc) is 2.91. The van der Waals surface area contributed by atoms with Gasteiger partial charge in [0.25, 0.3) is 5.91 Å². The number of aromatic amines is 1. The fraction of sp³-hybridized carbons (Fsp3) is 0.0588. The predicted octanol–water partition coefficient (Wildman–Crippen LogP) is 3.24. The topological polar surface area (TPSA) is 57.2 Å². The first-order chi connectivity index (χ1) is 10.2. The molecular formula is C17H15N3O. The molecule has 0 aliphatic heterocycles. The minimum absolute atomic E-state index is 0.217. The molecule has 0 saturated heterocycles. The molecule has 4 nitrogen and oxygen atoms in total. The first-order valence-corrected chi connectivity index (χ1v) is 6.70. The summed E-state index contributed by atoms with van der Waals surface area (Å²) in [4.78, 5) is 15.1. The van der Waals surface area contributed by atoms with Gasteiger partial charge in [-0.1, -0.05) is 35.9 Å². The second-order valence-corrected chi connectivity index (χ2v) is 4.85. The monoisotopic (exact) mass is 277 g/mol. The van der Waals surface area contributed by atoms with Gasteiger partial charge in [0.15, 0.2) is 0 Å². The molecule has 2 aromatic carbocycles. The van der Waals surface area contributed by atoms with Crippen LogP contribution in [0.25, 0.3) is 10.9 Å². The number of benzene rings is 2. The van der Waals surface area contributed by atoms with Gasteiger partial charge in [-0.2, -0.15) is 5.10 Å². The summed E-state index contributed by atoms with van der Waals surface area (Å²) in [5.74, 6) is -0.217. The maximum Gasteiger partial charge on any atom is 0.271 e. The van der Waals surface area contributed by atoms with Crippen LogP contribution in [0.3, 0.4) is 0 Å². The highest BCUT2D eigenvalue weighted by Gasteiger charge is 2.03. The molecule has 104 valence electrons. The van der Waals surface area contributed by atoms with Gasteiger partial charge in [0.2, 0.25) is 0 Å². The molecule has 1 amide bonds. The zero-order valence-corrected chi connectivity index (χ0v) is 11.6. The zero-order chi connectivity index (χ0) is 14.7. The summed E-state index contributed by atoms with van der Waals surface area (Å²) in [6.07, 6.45) is 3.51. The molecule has 1 aromatic heterocycles. The molecule has 1 heterocycles. The Bertz CT molecular complexity index is 800. The molecule has 0 radical (unpaired) electrons. The fourth-order valence-corrected chi connectivity index (χ4v) is 2.13. The summed E-state index contributed by atoms with van der Waals surface area (Å²) in [5, 5.41) is 5.09. The normalized spacial score (nSPS) is 11.1. The van der Waals surface area contributed by atoms with E-state index in [-0.39, 0.29) is 5.91 Å². The lowest BCUT2D eigenvalue weighted by Crippen LogP contribution is -2.17. The van der Waals surface area contributed by atoms with Gasteiger partial charge >= 0.3 is 0 Å². The van der Waals surface area contributed by atoms with Gasteiger partial charge < -0.3 is 4.98 Å². The molecule has 0 bridgehead atoms. The van der Waals surface area contributed by atoms with E-state index in [1.165, 1.54) is 0 Å². The van der Waals surface area contributed by atoms with E-state index in [1.54, 1.807) is 18.3 Å². The Labute approximate surface area is 122 Å². The van der Waals surface area contributed by atoms with Crippen molar-refractivity contribution < 1.29 is 4.79 Å². The number of hydrogen-bond acceptors (Lipinski definition) is 2. The van der Waals surface area contributed by atoms with Crippen molar-refractivity contribution in [1.29, 1.82) is 0 Å². The maximum absolute atomic E-state index is 11.9. The number of rotatable bonds is 3. The largest absolute Gasteiger partial charge is 0.361 e. The van der Waals surface area contributed by atoms with Gasteiger partial charge in [-0.15, -0.1) is 0 Å². The van der Waals surface area contributed by atoms with Crippen molar-refractivity contribution in [1.82, 2.24) is 10.4 Å². The third-order valence-electron chi connectivity index (χ3n) is 3.30. The lowest BCUT2D eigenvalue weighted by molar-refractivity contribution is 0.0955. The van der Waals surface area contributed by atoms with E-state index in [9.17, 15) is 4.79 Å². The second-order valence-electron chi connectivity index (χ2n) is 4.85. The summed E-state index contributed by atoms with van der Waals surface area (Å²) >= 11 is 0. The van der Waals surface area contributed by atoms with E-state index >= 15 is 0 Å². The lowest BCUT2D eigenvalue weighted by Gasteiger charge is -1.99. The number of amides is 1. The Morgan fingerprint density at radius 1 is 1.14 bits per heavy atom. The van der Waals surface area contributed by atoms with Gasteiger partial charge in [-0.05, 0) is 25.1 Å². The van der Waals surface area contributed by atoms with Crippen LogP contribution in [0.4, 0.5) is 0 Å². The molecule has 0 aliphatic rings. The van der Waals surface area contributed by atoms with Gasteiger partial charge in [-0.25, -0.2) is 5.43 Å². The number of hydrazone groups is 1. The quantitative estimate of drug-likeness (QED) is 0.560. The van der Waals surface area contributed by atoms with Crippen LogP contribution in [-0.2, 0) is 0 Å². The number of nitrogens with one attached hydrogen (secondary N) is 2. The summed E-state index contributed by atoms with van der Waals surface area (Å²) in [6, 6.07) is 15.3. The van der Waals surface area contributed by atoms with E-state index in [1.807, 2.05) is 49.5 Å². The highest BCUT2D eigenvalue weighted by molar-refractivity contribution is 6.00. The second kappa shape index (κ2) is 5.63. The number of hydrogen-bond donors (Lipinski definition) is 2. The maximum atomic E-state index is 11.9. The number of aryl methyl sites for hydroxylation is 1. The Hall–Kier alpha value is -2.88. The zero-order valence-electron chi connectivity index (χ0n) is 11.6. The van der Waals surface area contributed by atoms with E-state index in [0.29, 0.717) is 5.56 Å². The minimum atomic E-state index is -0.217. The molecule has 0 spiro atoms. The van der Waals surface area contributed by atoms with E-state index < -0.39 is 0 Å². The van der Waals surface area contributed by atoms with E-state index in [2.05, 4.69) is 15.5 Å². The van der Waals surface area contributed by atoms with Gasteiger partial charge in [0, 0.05) is 28.2 Å². The van der Waals surface area contributed by atoms with Crippen molar-refractivity contribution in [2.45, 2.75) is 6.92 Å². The van der Waals surface area contributed by atoms with Gasteiger partial charge in [0.05, 0.1) is 6.21 Å². The van der Waals surface area contributed by atoms with Crippen LogP contribution in [0.2, 0.25) is 0 Å². The standard InChI is InChI=1S/C17H15N3O/c1-12-6-8-13(9-7-12)17(21)20-19-11-14-10-18-16-5-3-2-4-15(14)16/h2-11,18H,1H3,(H,20,21)/b19-11-. The van der Waals surface area contributed by atoms with Crippen LogP contribution in [-0.4, -0.2) is 17.1 Å². The number of fused-ring (bicyclic) bond motifs is 1. The third-order valence-corrected chi connectivity index (χ3v) is 3.30. The molecule has 4 heteroatoms. The van der Waals surface area contributed by atoms with Crippen LogP contribution in [0.5, 0.6) is 0 Å². The van der Waals surface area contributed by atoms with Crippen molar-refractivity contribution in [3.05, 3.63) is 71.4 Å². The van der Waals surface area contributed by atoms with Crippen LogP contribution >= 0.6 is 0 Å². The molecule has 2 N–H and O–H groups in total. The lowest BCUT2D eigenvalue weighted by atomic mass is 10.1. The summed E-state index contributed by atoms with van der Waals surface area (Å²) in [6.45, 7) is 1.98. The fourth-order valence-electron chi connectivity index (χ4n) is 2.13. The Balaban J connectivity index is 1.72. The van der Waals surface area contributed by atoms with Crippen molar-refractivity contribution in [3.8, 4) is 0 Å². The van der Waals surface area contributed by atoms with E-state index in [4.69, 9.17) is 0 Å². The number of aromatic nitrogens is 1. The number of para-hydroxylation sites is 1. The molecule has 21 heavy (non-hydrogen) atoms. The van der Waals surface area contributed by atoms with Gasteiger partial charge in [0.1, 0.15) is 0 Å². The number of nitrogens with zero attached hydrogens (tertiary/aromatic N) is 1. The molecule has 0 saturated carbocycles. The van der Waals surface area contributed by atoms with Crippen LogP contribution in [0, 0.1) is 6.92 Å². The highest BCUT2D eigenvalue weighted by atomic mass is 16.2. The van der Waals surface area contributed by atoms with Crippen LogP contribution in [0.15, 0.2) is 59.8 Å². The SMILES string of the molecule is Cc1ccc(C(=O)N/N=C\c2c[nH]c3ccccc23)cc1. The summed E-state index contributed by atoms with van der Waals surface area (Å²) < 4.78 is 0. The molecule has 3 aromatic rings. The first-order valence-electron chi connectivity index (χ1n) is 6.70. The number of H-pyrrole nitrogens is 1. The molecule has 0 unspecified atom stereocenters. The number of carbonyl (C=O) groups is 1. The van der Waals surface area contributed by atoms with Crippen molar-refractivity contribution >= 4 is 23.0 Å². The smallest absolute Gasteiger partial charge is 0.271 e. The molecule has 0 fully saturated rings. The number of carbonyl (C=O) groups excluding carboxylic acids is 1. The highest BCUT2D eigenvalue weighted by Crippen LogP contribution is 2.15. The van der Waals surface area contributed by atoms with Crippen molar-refractivity contribution in [2.75, 3.05) is 0 Å². The molecular weight excluding hydrogens is 262 g/mol. The average molecular weight is 277 g/mol. The van der Waals surface area contributed by atoms with Crippen molar-refractivity contribution in [3.63, 3.8) is 0 Å². The Morgan fingerprint density at radius 3 is 2.71 bits per heavy atom. The van der Waals surface area contributed by atoms with Crippen molar-refractivity contribution in [2.24, 2.45) is 5.10 Å². The van der Waals surface area contributed by atoms with E-state index in [0.717, 1.165) is 22.0 Å². The molecule has 3 rings (SSSR count). The predicted molar refractivity (Wildman–Crippen MR) is 84.5 cm³/mol. The summed E-state index contributed by atoms with van der Waals surface area (Å²) in [5.41, 5.74) is 6.24. The molecule has 0 aliphatic carbocycles. The van der Waals surface area contributed by atoms with Crippen LogP contribution in [0.1, 0.15) is 21.5 Å². The Morgan fingerprint density at radius 2 is 1.90 bits per heavy atom. The van der Waals surface area contributed by atoms with Crippen LogP contribution < -0.4 is 5.43 Å². The summed E-state index contributed by atoms with van der Waals surface area (Å²) in [7, 11) is 0. The molecule has 0 atom stereocenters.